The van der Waals surface area contributed by atoms with Crippen molar-refractivity contribution >= 4 is 16.6 Å². The minimum Gasteiger partial charge on any atom is -0.481 e. The molecule has 0 radical (unpaired) electrons. The largest absolute Gasteiger partial charge is 0.481 e. The molecule has 0 aliphatic rings. The molecule has 2 aromatic rings. The predicted molar refractivity (Wildman–Crippen MR) is 52.7 cm³/mol. The minimum atomic E-state index is 0.588. The number of nitrogens with two attached hydrogens (primary N) is 1. The fourth-order valence-electron chi connectivity index (χ4n) is 1.27. The van der Waals surface area contributed by atoms with Crippen LogP contribution in [0.2, 0.25) is 0 Å². The zero-order valence-electron chi connectivity index (χ0n) is 7.32. The standard InChI is InChI=1S/C10H10N2O/c1-13-9-6-5-7-3-2-4-8(11)10(7)12-9/h2-6H,11H2,1H3. The lowest BCUT2D eigenvalue weighted by Gasteiger charge is -2.02. The molecule has 0 saturated carbocycles. The quantitative estimate of drug-likeness (QED) is 0.671. The van der Waals surface area contributed by atoms with Crippen molar-refractivity contribution in [3.63, 3.8) is 0 Å². The highest BCUT2D eigenvalue weighted by molar-refractivity contribution is 5.89. The highest BCUT2D eigenvalue weighted by Crippen LogP contribution is 2.21. The SMILES string of the molecule is COc1ccc2cccc(N)c2n1. The van der Waals surface area contributed by atoms with Crippen molar-refractivity contribution in [3.05, 3.63) is 30.3 Å². The number of fused-ring (bicyclic) bond motifs is 1. The van der Waals surface area contributed by atoms with Crippen LogP contribution in [-0.4, -0.2) is 12.1 Å². The zero-order chi connectivity index (χ0) is 9.26. The van der Waals surface area contributed by atoms with E-state index in [1.165, 1.54) is 0 Å². The summed E-state index contributed by atoms with van der Waals surface area (Å²) in [5.74, 6) is 0.588. The van der Waals surface area contributed by atoms with E-state index in [9.17, 15) is 0 Å². The molecule has 1 aromatic heterocycles. The number of hydrogen-bond acceptors (Lipinski definition) is 3. The molecule has 0 amide bonds. The first-order valence-electron chi connectivity index (χ1n) is 4.00. The topological polar surface area (TPSA) is 48.1 Å². The summed E-state index contributed by atoms with van der Waals surface area (Å²) in [4.78, 5) is 4.25. The third kappa shape index (κ3) is 1.28. The first-order valence-corrected chi connectivity index (χ1v) is 4.00. The Kier molecular flexibility index (Phi) is 1.77. The van der Waals surface area contributed by atoms with E-state index < -0.39 is 0 Å². The van der Waals surface area contributed by atoms with Crippen LogP contribution >= 0.6 is 0 Å². The Morgan fingerprint density at radius 2 is 2.08 bits per heavy atom. The van der Waals surface area contributed by atoms with Crippen LogP contribution in [0.4, 0.5) is 5.69 Å². The number of aromatic nitrogens is 1. The van der Waals surface area contributed by atoms with E-state index in [1.54, 1.807) is 7.11 Å². The van der Waals surface area contributed by atoms with Gasteiger partial charge in [0.2, 0.25) is 5.88 Å². The number of benzene rings is 1. The number of hydrogen-bond donors (Lipinski definition) is 1. The Morgan fingerprint density at radius 3 is 2.85 bits per heavy atom. The second kappa shape index (κ2) is 2.94. The van der Waals surface area contributed by atoms with E-state index in [1.807, 2.05) is 30.3 Å². The molecule has 66 valence electrons. The molecule has 0 atom stereocenters. The van der Waals surface area contributed by atoms with Crippen LogP contribution in [0.1, 0.15) is 0 Å². The molecule has 0 aliphatic carbocycles. The molecular weight excluding hydrogens is 164 g/mol. The fraction of sp³-hybridized carbons (Fsp3) is 0.100. The molecule has 2 N–H and O–H groups in total. The van der Waals surface area contributed by atoms with Gasteiger partial charge < -0.3 is 10.5 Å². The summed E-state index contributed by atoms with van der Waals surface area (Å²) in [5, 5.41) is 1.03. The maximum atomic E-state index is 5.76. The third-order valence-corrected chi connectivity index (χ3v) is 1.94. The highest BCUT2D eigenvalue weighted by Gasteiger charge is 1.99. The predicted octanol–water partition coefficient (Wildman–Crippen LogP) is 1.83. The van der Waals surface area contributed by atoms with Gasteiger partial charge >= 0.3 is 0 Å². The van der Waals surface area contributed by atoms with Gasteiger partial charge in [0, 0.05) is 11.5 Å². The Bertz CT molecular complexity index is 440. The summed E-state index contributed by atoms with van der Waals surface area (Å²) in [5.41, 5.74) is 7.23. The molecule has 0 spiro atoms. The number of methoxy groups -OCH3 is 1. The average Bonchev–Trinajstić information content (AvgIpc) is 2.18. The van der Waals surface area contributed by atoms with Gasteiger partial charge in [-0.3, -0.25) is 0 Å². The lowest BCUT2D eigenvalue weighted by atomic mass is 10.2. The molecule has 13 heavy (non-hydrogen) atoms. The van der Waals surface area contributed by atoms with Crippen LogP contribution in [0.5, 0.6) is 5.88 Å². The summed E-state index contributed by atoms with van der Waals surface area (Å²) in [6, 6.07) is 9.47. The molecule has 1 heterocycles. The number of rotatable bonds is 1. The maximum Gasteiger partial charge on any atom is 0.213 e. The van der Waals surface area contributed by atoms with Crippen LogP contribution in [0.3, 0.4) is 0 Å². The van der Waals surface area contributed by atoms with Gasteiger partial charge in [-0.15, -0.1) is 0 Å². The van der Waals surface area contributed by atoms with Gasteiger partial charge in [0.1, 0.15) is 0 Å². The molecular formula is C10H10N2O. The van der Waals surface area contributed by atoms with Crippen LogP contribution < -0.4 is 10.5 Å². The van der Waals surface area contributed by atoms with E-state index in [0.29, 0.717) is 11.6 Å². The normalized spacial score (nSPS) is 10.2. The number of ether oxygens (including phenoxy) is 1. The molecule has 0 saturated heterocycles. The molecule has 0 aliphatic heterocycles. The van der Waals surface area contributed by atoms with Gasteiger partial charge in [-0.25, -0.2) is 4.98 Å². The second-order valence-electron chi connectivity index (χ2n) is 2.77. The zero-order valence-corrected chi connectivity index (χ0v) is 7.32. The van der Waals surface area contributed by atoms with Gasteiger partial charge in [0.25, 0.3) is 0 Å². The van der Waals surface area contributed by atoms with Crippen molar-refractivity contribution in [3.8, 4) is 5.88 Å². The first kappa shape index (κ1) is 7.86. The van der Waals surface area contributed by atoms with E-state index in [0.717, 1.165) is 10.9 Å². The van der Waals surface area contributed by atoms with E-state index >= 15 is 0 Å². The van der Waals surface area contributed by atoms with Crippen LogP contribution in [-0.2, 0) is 0 Å². The van der Waals surface area contributed by atoms with Crippen LogP contribution in [0, 0.1) is 0 Å². The van der Waals surface area contributed by atoms with Crippen molar-refractivity contribution in [2.45, 2.75) is 0 Å². The summed E-state index contributed by atoms with van der Waals surface area (Å²) in [6.07, 6.45) is 0. The smallest absolute Gasteiger partial charge is 0.213 e. The lowest BCUT2D eigenvalue weighted by molar-refractivity contribution is 0.399. The summed E-state index contributed by atoms with van der Waals surface area (Å²) in [7, 11) is 1.59. The van der Waals surface area contributed by atoms with Crippen molar-refractivity contribution in [1.29, 1.82) is 0 Å². The van der Waals surface area contributed by atoms with Gasteiger partial charge in [-0.05, 0) is 12.1 Å². The number of nitrogen functional groups attached to an aromatic ring is 1. The van der Waals surface area contributed by atoms with Gasteiger partial charge in [0.15, 0.2) is 0 Å². The van der Waals surface area contributed by atoms with Crippen molar-refractivity contribution < 1.29 is 4.74 Å². The number of para-hydroxylation sites is 1. The second-order valence-corrected chi connectivity index (χ2v) is 2.77. The monoisotopic (exact) mass is 174 g/mol. The molecule has 0 unspecified atom stereocenters. The van der Waals surface area contributed by atoms with E-state index in [-0.39, 0.29) is 0 Å². The average molecular weight is 174 g/mol. The third-order valence-electron chi connectivity index (χ3n) is 1.94. The summed E-state index contributed by atoms with van der Waals surface area (Å²) in [6.45, 7) is 0. The number of nitrogens with zero attached hydrogens (tertiary/aromatic N) is 1. The fourth-order valence-corrected chi connectivity index (χ4v) is 1.27. The highest BCUT2D eigenvalue weighted by atomic mass is 16.5. The maximum absolute atomic E-state index is 5.76. The molecule has 1 aromatic carbocycles. The van der Waals surface area contributed by atoms with Crippen LogP contribution in [0.25, 0.3) is 10.9 Å². The Balaban J connectivity index is 2.74. The molecule has 3 heteroatoms. The molecule has 3 nitrogen and oxygen atoms in total. The first-order chi connectivity index (χ1) is 6.31. The molecule has 0 fully saturated rings. The number of pyridine rings is 1. The lowest BCUT2D eigenvalue weighted by Crippen LogP contribution is -1.92. The summed E-state index contributed by atoms with van der Waals surface area (Å²) >= 11 is 0. The Morgan fingerprint density at radius 1 is 1.23 bits per heavy atom. The molecule has 0 bridgehead atoms. The minimum absolute atomic E-state index is 0.588. The molecule has 2 rings (SSSR count). The van der Waals surface area contributed by atoms with Gasteiger partial charge in [-0.1, -0.05) is 12.1 Å². The van der Waals surface area contributed by atoms with E-state index in [2.05, 4.69) is 4.98 Å². The summed E-state index contributed by atoms with van der Waals surface area (Å²) < 4.78 is 5.01. The van der Waals surface area contributed by atoms with Crippen molar-refractivity contribution in [2.75, 3.05) is 12.8 Å². The van der Waals surface area contributed by atoms with E-state index in [4.69, 9.17) is 10.5 Å². The Labute approximate surface area is 76.2 Å². The van der Waals surface area contributed by atoms with Gasteiger partial charge in [-0.2, -0.15) is 0 Å². The Hall–Kier alpha value is -1.77. The van der Waals surface area contributed by atoms with Crippen LogP contribution in [0.15, 0.2) is 30.3 Å². The van der Waals surface area contributed by atoms with Gasteiger partial charge in [0.05, 0.1) is 18.3 Å². The van der Waals surface area contributed by atoms with Crippen molar-refractivity contribution in [2.24, 2.45) is 0 Å². The van der Waals surface area contributed by atoms with Crippen molar-refractivity contribution in [1.82, 2.24) is 4.98 Å². The number of anilines is 1.